The van der Waals surface area contributed by atoms with Gasteiger partial charge in [0, 0.05) is 90.2 Å². The van der Waals surface area contributed by atoms with E-state index in [1.165, 1.54) is 72.3 Å². The van der Waals surface area contributed by atoms with E-state index in [9.17, 15) is 0 Å². The lowest BCUT2D eigenvalue weighted by molar-refractivity contribution is 0.392. The van der Waals surface area contributed by atoms with Gasteiger partial charge in [-0.3, -0.25) is 0 Å². The summed E-state index contributed by atoms with van der Waals surface area (Å²) in [5.74, 6) is 3.58. The van der Waals surface area contributed by atoms with Crippen LogP contribution >= 0.6 is 0 Å². The van der Waals surface area contributed by atoms with Crippen LogP contribution < -0.4 is 69.6 Å². The molecule has 18 rings (SSSR count). The molecule has 0 amide bonds. The lowest BCUT2D eigenvalue weighted by Crippen LogP contribution is -2.28. The Bertz CT molecular complexity index is 7360. The minimum absolute atomic E-state index is 0.481. The Morgan fingerprint density at radius 2 is 0.455 bits per heavy atom. The first kappa shape index (κ1) is 101. The summed E-state index contributed by atoms with van der Waals surface area (Å²) in [6.07, 6.45) is 0. The van der Waals surface area contributed by atoms with Crippen LogP contribution in [0.15, 0.2) is 376 Å². The molecule has 1 atom stereocenters. The number of rotatable bonds is 23. The van der Waals surface area contributed by atoms with Gasteiger partial charge in [0.15, 0.2) is 0 Å². The predicted molar refractivity (Wildman–Crippen MR) is 603 cm³/mol. The van der Waals surface area contributed by atoms with E-state index in [1.807, 2.05) is 101 Å². The number of aryl methyl sites for hydroxylation is 9. The molecule has 0 heterocycles. The van der Waals surface area contributed by atoms with Crippen LogP contribution in [-0.2, 0) is 21.7 Å². The fraction of sp³-hybridized carbons (Fsp3) is 0.169. The first-order chi connectivity index (χ1) is 68.7. The van der Waals surface area contributed by atoms with Crippen LogP contribution in [0, 0.1) is 62.3 Å². The van der Waals surface area contributed by atoms with E-state index in [0.29, 0.717) is 34.2 Å². The Balaban J connectivity index is 0.000000144. The molecule has 0 aromatic heterocycles. The van der Waals surface area contributed by atoms with E-state index in [2.05, 4.69) is 365 Å². The third-order valence-electron chi connectivity index (χ3n) is 29.2. The lowest BCUT2D eigenvalue weighted by Gasteiger charge is -2.35. The molecule has 722 valence electrons. The molecule has 0 saturated carbocycles. The zero-order valence-corrected chi connectivity index (χ0v) is 85.5. The van der Waals surface area contributed by atoms with Gasteiger partial charge in [-0.05, 0) is 306 Å². The number of nitrogens with two attached hydrogens (primary N) is 8. The molecule has 13 nitrogen and oxygen atoms in total. The summed E-state index contributed by atoms with van der Waals surface area (Å²) in [7, 11) is 8.34. The summed E-state index contributed by atoms with van der Waals surface area (Å²) >= 11 is 0. The molecular weight excluding hydrogens is 1750 g/mol. The Morgan fingerprint density at radius 1 is 0.175 bits per heavy atom. The average Bonchev–Trinajstić information content (AvgIpc) is 0.835. The highest BCUT2D eigenvalue weighted by molar-refractivity contribution is 5.84. The second kappa shape index (κ2) is 43.0. The second-order valence-corrected chi connectivity index (χ2v) is 38.1. The summed E-state index contributed by atoms with van der Waals surface area (Å²) in [5, 5.41) is 0. The molecule has 0 fully saturated rings. The van der Waals surface area contributed by atoms with Gasteiger partial charge in [-0.25, -0.2) is 0 Å². The number of nitrogen functional groups attached to an aromatic ring is 8. The first-order valence-electron chi connectivity index (χ1n) is 48.4. The Labute approximate surface area is 845 Å². The summed E-state index contributed by atoms with van der Waals surface area (Å²) < 4.78 is 28.6. The summed E-state index contributed by atoms with van der Waals surface area (Å²) in [4.78, 5) is 0. The molecule has 0 bridgehead atoms. The van der Waals surface area contributed by atoms with Crippen molar-refractivity contribution in [2.45, 2.75) is 112 Å². The fourth-order valence-corrected chi connectivity index (χ4v) is 20.0. The highest BCUT2D eigenvalue weighted by Crippen LogP contribution is 2.53. The lowest BCUT2D eigenvalue weighted by atomic mass is 9.68. The van der Waals surface area contributed by atoms with Crippen LogP contribution in [0.4, 0.5) is 45.5 Å². The topological polar surface area (TPSA) is 254 Å². The monoisotopic (exact) mass is 1890 g/mol. The molecule has 0 radical (unpaired) electrons. The van der Waals surface area contributed by atoms with E-state index in [0.717, 1.165) is 151 Å². The molecule has 18 aromatic carbocycles. The first-order valence-corrected chi connectivity index (χ1v) is 48.4. The standard InChI is InChI=1S/C40H36N2.2C30H32N2O2.C30H32N2O/c1-27-11-7-9-15-34(27)36-25-32(21-23-38(36)41)40(3,31-19-17-30(18-20-31)29-13-5-4-6-14-29)33-22-24-39(42)37(26-33)35-16-10-8-12-28(35)2;1-19-15-24(28(33-4)17-26(19)31)30(3,25-16-20(2)27(32)18-29(25)34-5)23-13-11-22(12-14-23)21-9-7-6-8-10-21;1-19-15-24(17-26(33-4)28(19)31)30(3,25-16-20(2)29(32)27(18-25)34-5)23-13-11-22(12-14-23)21-9-7-6-8-10-21;1-19-15-20(2)28(31)26(16-19)30(4,27-18-25(33-5)17-21(3)29(27)32)24-13-11-23(12-14-24)22-9-7-6-8-10-22/h4-26H,41-42H2,1-3H3;2*6-18H,31-32H2,1-5H3;6-18H,31-32H2,1-5H3. The van der Waals surface area contributed by atoms with Crippen LogP contribution in [0.1, 0.15) is 145 Å². The quantitative estimate of drug-likeness (QED) is 0.0219. The van der Waals surface area contributed by atoms with Crippen LogP contribution in [0.3, 0.4) is 0 Å². The third kappa shape index (κ3) is 20.5. The number of ether oxygens (including phenoxy) is 5. The summed E-state index contributed by atoms with van der Waals surface area (Å²) in [6, 6.07) is 131. The fourth-order valence-electron chi connectivity index (χ4n) is 20.0. The van der Waals surface area contributed by atoms with Crippen molar-refractivity contribution < 1.29 is 23.7 Å². The van der Waals surface area contributed by atoms with E-state index >= 15 is 0 Å². The van der Waals surface area contributed by atoms with Crippen LogP contribution in [-0.4, -0.2) is 35.5 Å². The average molecular weight is 1890 g/mol. The van der Waals surface area contributed by atoms with Crippen molar-refractivity contribution in [3.63, 3.8) is 0 Å². The maximum atomic E-state index is 6.72. The van der Waals surface area contributed by atoms with E-state index in [4.69, 9.17) is 69.6 Å². The van der Waals surface area contributed by atoms with Gasteiger partial charge in [0.2, 0.25) is 0 Å². The Kier molecular flexibility index (Phi) is 30.3. The van der Waals surface area contributed by atoms with Gasteiger partial charge >= 0.3 is 0 Å². The van der Waals surface area contributed by atoms with Crippen molar-refractivity contribution >= 4 is 45.5 Å². The largest absolute Gasteiger partial charge is 0.497 e. The molecule has 0 spiro atoms. The Morgan fingerprint density at radius 3 is 0.783 bits per heavy atom. The zero-order chi connectivity index (χ0) is 102. The Hall–Kier alpha value is -16.6. The predicted octanol–water partition coefficient (Wildman–Crippen LogP) is 29.6. The van der Waals surface area contributed by atoms with Crippen molar-refractivity contribution in [2.24, 2.45) is 0 Å². The number of anilines is 8. The molecule has 0 saturated heterocycles. The highest BCUT2D eigenvalue weighted by atomic mass is 16.5. The van der Waals surface area contributed by atoms with Crippen molar-refractivity contribution in [3.8, 4) is 95.5 Å². The van der Waals surface area contributed by atoms with Gasteiger partial charge in [0.1, 0.15) is 28.7 Å². The number of hydrogen-bond acceptors (Lipinski definition) is 13. The SMILES string of the molecule is COc1cc(C(C)(c2ccc(-c3ccccc3)cc2)c2cc(C)c(N)c(OC)c2)cc(C)c1N.COc1cc(C)c(N)c(C(C)(c2ccc(-c3ccccc3)cc2)c2cc(C)cc(C)c2N)c1.COc1cc(N)c(C)cc1C(C)(c1ccc(-c2ccccc2)cc1)c1cc(C)c(N)cc1OC.Cc1ccccc1-c1cc(C(C)(c2ccc(-c3ccccc3)cc2)c2ccc(N)c(-c3ccccc3C)c2)ccc1N. The van der Waals surface area contributed by atoms with Gasteiger partial charge in [0.25, 0.3) is 0 Å². The van der Waals surface area contributed by atoms with Crippen molar-refractivity contribution in [1.82, 2.24) is 0 Å². The van der Waals surface area contributed by atoms with Crippen LogP contribution in [0.2, 0.25) is 0 Å². The second-order valence-electron chi connectivity index (χ2n) is 38.1. The summed E-state index contributed by atoms with van der Waals surface area (Å²) in [5.41, 5.74) is 91.9. The normalized spacial score (nSPS) is 11.7. The summed E-state index contributed by atoms with van der Waals surface area (Å²) in [6.45, 7) is 27.4. The number of methoxy groups -OCH3 is 5. The van der Waals surface area contributed by atoms with Gasteiger partial charge in [-0.2, -0.15) is 0 Å². The van der Waals surface area contributed by atoms with Crippen LogP contribution in [0.5, 0.6) is 28.7 Å². The van der Waals surface area contributed by atoms with Gasteiger partial charge < -0.3 is 69.6 Å². The molecule has 18 aromatic rings. The smallest absolute Gasteiger partial charge is 0.142 e. The number of benzene rings is 18. The van der Waals surface area contributed by atoms with E-state index in [1.54, 1.807) is 35.5 Å². The van der Waals surface area contributed by atoms with Crippen molar-refractivity contribution in [2.75, 3.05) is 81.4 Å². The minimum Gasteiger partial charge on any atom is -0.497 e. The van der Waals surface area contributed by atoms with Crippen molar-refractivity contribution in [1.29, 1.82) is 0 Å². The molecule has 16 N–H and O–H groups in total. The zero-order valence-electron chi connectivity index (χ0n) is 85.5. The molecule has 0 aliphatic carbocycles. The molecule has 0 aliphatic rings. The molecule has 0 aliphatic heterocycles. The van der Waals surface area contributed by atoms with Gasteiger partial charge in [-0.1, -0.05) is 309 Å². The van der Waals surface area contributed by atoms with Gasteiger partial charge in [0.05, 0.1) is 46.9 Å². The van der Waals surface area contributed by atoms with Crippen LogP contribution in [0.25, 0.3) is 66.8 Å². The molecule has 1 unspecified atom stereocenters. The van der Waals surface area contributed by atoms with E-state index in [-0.39, 0.29) is 0 Å². The maximum absolute atomic E-state index is 6.72. The molecule has 13 heteroatoms. The minimum atomic E-state index is -0.594. The highest BCUT2D eigenvalue weighted by Gasteiger charge is 2.41. The van der Waals surface area contributed by atoms with Crippen molar-refractivity contribution in [3.05, 3.63) is 493 Å². The maximum Gasteiger partial charge on any atom is 0.142 e. The third-order valence-corrected chi connectivity index (χ3v) is 29.2. The molecular formula is C130H132N8O5. The van der Waals surface area contributed by atoms with Gasteiger partial charge in [-0.15, -0.1) is 0 Å². The molecule has 143 heavy (non-hydrogen) atoms. The van der Waals surface area contributed by atoms with E-state index < -0.39 is 21.7 Å². The number of hydrogen-bond donors (Lipinski definition) is 8.